The first-order valence-electron chi connectivity index (χ1n) is 6.73. The molecular weight excluding hydrogens is 269 g/mol. The molecule has 0 saturated carbocycles. The van der Waals surface area contributed by atoms with Gasteiger partial charge in [-0.05, 0) is 44.2 Å². The van der Waals surface area contributed by atoms with E-state index in [2.05, 4.69) is 4.98 Å². The average molecular weight is 285 g/mol. The lowest BCUT2D eigenvalue weighted by atomic mass is 10.1. The van der Waals surface area contributed by atoms with Gasteiger partial charge in [0.05, 0.1) is 16.6 Å². The van der Waals surface area contributed by atoms with E-state index in [9.17, 15) is 9.50 Å². The maximum Gasteiger partial charge on any atom is 0.145 e. The second kappa shape index (κ2) is 4.77. The molecular formula is C16H16FN3O. The zero-order valence-electron chi connectivity index (χ0n) is 11.8. The van der Waals surface area contributed by atoms with E-state index in [0.29, 0.717) is 28.1 Å². The summed E-state index contributed by atoms with van der Waals surface area (Å²) in [6.45, 7) is 3.98. The molecule has 0 aliphatic carbocycles. The van der Waals surface area contributed by atoms with Gasteiger partial charge in [0, 0.05) is 17.8 Å². The van der Waals surface area contributed by atoms with Crippen LogP contribution in [-0.4, -0.2) is 14.7 Å². The minimum absolute atomic E-state index is 0.0627. The molecule has 108 valence electrons. The fourth-order valence-corrected chi connectivity index (χ4v) is 2.52. The summed E-state index contributed by atoms with van der Waals surface area (Å²) in [6.07, 6.45) is 0. The quantitative estimate of drug-likeness (QED) is 0.705. The minimum atomic E-state index is -0.308. The Hall–Kier alpha value is -2.56. The molecule has 3 aromatic rings. The summed E-state index contributed by atoms with van der Waals surface area (Å²) in [7, 11) is 0. The second-order valence-corrected chi connectivity index (χ2v) is 5.31. The van der Waals surface area contributed by atoms with E-state index in [1.54, 1.807) is 18.2 Å². The van der Waals surface area contributed by atoms with Crippen molar-refractivity contribution in [3.63, 3.8) is 0 Å². The van der Waals surface area contributed by atoms with E-state index in [-0.39, 0.29) is 17.6 Å². The van der Waals surface area contributed by atoms with Gasteiger partial charge in [-0.1, -0.05) is 0 Å². The molecule has 0 aliphatic rings. The van der Waals surface area contributed by atoms with Crippen LogP contribution in [0.4, 0.5) is 10.1 Å². The summed E-state index contributed by atoms with van der Waals surface area (Å²) < 4.78 is 15.4. The van der Waals surface area contributed by atoms with Crippen molar-refractivity contribution in [2.75, 3.05) is 5.73 Å². The largest absolute Gasteiger partial charge is 0.507 e. The van der Waals surface area contributed by atoms with Gasteiger partial charge < -0.3 is 15.4 Å². The van der Waals surface area contributed by atoms with Gasteiger partial charge >= 0.3 is 0 Å². The number of fused-ring (bicyclic) bond motifs is 1. The van der Waals surface area contributed by atoms with Crippen LogP contribution in [0.25, 0.3) is 22.4 Å². The van der Waals surface area contributed by atoms with Crippen LogP contribution in [0.2, 0.25) is 0 Å². The second-order valence-electron chi connectivity index (χ2n) is 5.31. The Morgan fingerprint density at radius 1 is 1.19 bits per heavy atom. The predicted molar refractivity (Wildman–Crippen MR) is 81.6 cm³/mol. The molecule has 0 amide bonds. The van der Waals surface area contributed by atoms with Crippen LogP contribution < -0.4 is 5.73 Å². The van der Waals surface area contributed by atoms with Crippen molar-refractivity contribution < 1.29 is 9.50 Å². The lowest BCUT2D eigenvalue weighted by molar-refractivity contribution is 0.476. The number of halogens is 1. The first-order valence-corrected chi connectivity index (χ1v) is 6.73. The van der Waals surface area contributed by atoms with Gasteiger partial charge in [0.25, 0.3) is 0 Å². The van der Waals surface area contributed by atoms with E-state index in [1.165, 1.54) is 18.2 Å². The summed E-state index contributed by atoms with van der Waals surface area (Å²) in [5, 5.41) is 10.1. The Kier molecular flexibility index (Phi) is 3.05. The summed E-state index contributed by atoms with van der Waals surface area (Å²) in [4.78, 5) is 4.53. The molecule has 0 unspecified atom stereocenters. The van der Waals surface area contributed by atoms with Crippen LogP contribution in [-0.2, 0) is 0 Å². The molecule has 3 rings (SSSR count). The maximum absolute atomic E-state index is 13.5. The highest BCUT2D eigenvalue weighted by Gasteiger charge is 2.18. The molecule has 0 spiro atoms. The maximum atomic E-state index is 13.5. The Morgan fingerprint density at radius 3 is 2.62 bits per heavy atom. The van der Waals surface area contributed by atoms with Crippen molar-refractivity contribution in [2.24, 2.45) is 0 Å². The van der Waals surface area contributed by atoms with Crippen LogP contribution in [0, 0.1) is 5.82 Å². The lowest BCUT2D eigenvalue weighted by Crippen LogP contribution is -2.03. The predicted octanol–water partition coefficient (Wildman–Crippen LogP) is 3.71. The first kappa shape index (κ1) is 13.4. The third kappa shape index (κ3) is 2.20. The summed E-state index contributed by atoms with van der Waals surface area (Å²) >= 11 is 0. The van der Waals surface area contributed by atoms with Gasteiger partial charge in [-0.2, -0.15) is 0 Å². The van der Waals surface area contributed by atoms with Crippen LogP contribution in [0.3, 0.4) is 0 Å². The molecule has 3 N–H and O–H groups in total. The standard InChI is InChI=1S/C16H16FN3O/c1-9(2)20-14-7-10(17)3-6-13(14)19-16(20)12-5-4-11(18)8-15(12)21/h3-9,21H,18H2,1-2H3. The van der Waals surface area contributed by atoms with Gasteiger partial charge in [0.1, 0.15) is 17.4 Å². The number of nitrogens with two attached hydrogens (primary N) is 1. The smallest absolute Gasteiger partial charge is 0.145 e. The van der Waals surface area contributed by atoms with Crippen LogP contribution in [0.5, 0.6) is 5.75 Å². The Bertz CT molecular complexity index is 824. The molecule has 5 heteroatoms. The van der Waals surface area contributed by atoms with E-state index in [4.69, 9.17) is 5.73 Å². The highest BCUT2D eigenvalue weighted by molar-refractivity contribution is 5.82. The van der Waals surface area contributed by atoms with Crippen molar-refractivity contribution in [3.05, 3.63) is 42.2 Å². The topological polar surface area (TPSA) is 64.1 Å². The molecule has 0 radical (unpaired) electrons. The van der Waals surface area contributed by atoms with Crippen LogP contribution >= 0.6 is 0 Å². The van der Waals surface area contributed by atoms with Crippen LogP contribution in [0.15, 0.2) is 36.4 Å². The van der Waals surface area contributed by atoms with Crippen molar-refractivity contribution in [1.29, 1.82) is 0 Å². The Balaban J connectivity index is 2.34. The number of hydrogen-bond acceptors (Lipinski definition) is 3. The van der Waals surface area contributed by atoms with Crippen molar-refractivity contribution in [2.45, 2.75) is 19.9 Å². The number of aromatic hydroxyl groups is 1. The molecule has 0 bridgehead atoms. The van der Waals surface area contributed by atoms with Crippen molar-refractivity contribution in [3.8, 4) is 17.1 Å². The molecule has 4 nitrogen and oxygen atoms in total. The van der Waals surface area contributed by atoms with Gasteiger partial charge in [-0.25, -0.2) is 9.37 Å². The van der Waals surface area contributed by atoms with Gasteiger partial charge in [0.2, 0.25) is 0 Å². The zero-order valence-corrected chi connectivity index (χ0v) is 11.8. The van der Waals surface area contributed by atoms with Gasteiger partial charge in [-0.15, -0.1) is 0 Å². The number of rotatable bonds is 2. The average Bonchev–Trinajstić information content (AvgIpc) is 2.76. The van der Waals surface area contributed by atoms with E-state index in [1.807, 2.05) is 18.4 Å². The number of nitrogens with zero attached hydrogens (tertiary/aromatic N) is 2. The molecule has 0 aliphatic heterocycles. The van der Waals surface area contributed by atoms with Crippen molar-refractivity contribution >= 4 is 16.7 Å². The highest BCUT2D eigenvalue weighted by Crippen LogP contribution is 2.34. The summed E-state index contributed by atoms with van der Waals surface area (Å²) in [5.74, 6) is 0.355. The SMILES string of the molecule is CC(C)n1c(-c2ccc(N)cc2O)nc2ccc(F)cc21. The number of anilines is 1. The molecule has 0 fully saturated rings. The molecule has 2 aromatic carbocycles. The minimum Gasteiger partial charge on any atom is -0.507 e. The number of benzene rings is 2. The summed E-state index contributed by atoms with van der Waals surface area (Å²) in [5.41, 5.74) is 8.12. The first-order chi connectivity index (χ1) is 9.97. The molecule has 0 saturated heterocycles. The fraction of sp³-hybridized carbons (Fsp3) is 0.188. The number of imidazole rings is 1. The number of hydrogen-bond donors (Lipinski definition) is 2. The lowest BCUT2D eigenvalue weighted by Gasteiger charge is -2.14. The molecule has 1 heterocycles. The van der Waals surface area contributed by atoms with Crippen LogP contribution in [0.1, 0.15) is 19.9 Å². The number of phenolic OH excluding ortho intramolecular Hbond substituents is 1. The Labute approximate surface area is 121 Å². The molecule has 21 heavy (non-hydrogen) atoms. The van der Waals surface area contributed by atoms with E-state index < -0.39 is 0 Å². The monoisotopic (exact) mass is 285 g/mol. The van der Waals surface area contributed by atoms with Crippen molar-refractivity contribution in [1.82, 2.24) is 9.55 Å². The number of phenols is 1. The fourth-order valence-electron chi connectivity index (χ4n) is 2.52. The number of aromatic nitrogens is 2. The zero-order chi connectivity index (χ0) is 15.1. The highest BCUT2D eigenvalue weighted by atomic mass is 19.1. The van der Waals surface area contributed by atoms with E-state index in [0.717, 1.165) is 0 Å². The number of nitrogen functional groups attached to an aromatic ring is 1. The third-order valence-electron chi connectivity index (χ3n) is 3.43. The third-order valence-corrected chi connectivity index (χ3v) is 3.43. The van der Waals surface area contributed by atoms with Gasteiger partial charge in [-0.3, -0.25) is 0 Å². The van der Waals surface area contributed by atoms with E-state index >= 15 is 0 Å². The Morgan fingerprint density at radius 2 is 1.95 bits per heavy atom. The molecule has 1 aromatic heterocycles. The normalized spacial score (nSPS) is 11.4. The van der Waals surface area contributed by atoms with Gasteiger partial charge in [0.15, 0.2) is 0 Å². The summed E-state index contributed by atoms with van der Waals surface area (Å²) in [6, 6.07) is 9.47. The molecule has 0 atom stereocenters.